The number of aromatic hydroxyl groups is 1. The van der Waals surface area contributed by atoms with Crippen molar-refractivity contribution < 1.29 is 14.8 Å². The molecule has 0 unspecified atom stereocenters. The Bertz CT molecular complexity index is 495. The summed E-state index contributed by atoms with van der Waals surface area (Å²) in [6.45, 7) is 1.27. The van der Waals surface area contributed by atoms with Crippen molar-refractivity contribution in [2.45, 2.75) is 18.9 Å². The normalized spacial score (nSPS) is 17.3. The molecule has 3 N–H and O–H groups in total. The fourth-order valence-electron chi connectivity index (χ4n) is 2.29. The fourth-order valence-corrected chi connectivity index (χ4v) is 2.76. The second-order valence-electron chi connectivity index (χ2n) is 4.60. The molecule has 1 aliphatic heterocycles. The second-order valence-corrected chi connectivity index (χ2v) is 5.45. The molecular formula is C12H16BrClN2O4. The van der Waals surface area contributed by atoms with Crippen molar-refractivity contribution in [1.29, 1.82) is 0 Å². The maximum absolute atomic E-state index is 10.9. The number of halogens is 2. The van der Waals surface area contributed by atoms with Gasteiger partial charge >= 0.3 is 0 Å². The minimum atomic E-state index is -0.496. The van der Waals surface area contributed by atoms with E-state index in [1.807, 2.05) is 0 Å². The average molecular weight is 368 g/mol. The van der Waals surface area contributed by atoms with Crippen LogP contribution in [-0.4, -0.2) is 23.2 Å². The minimum Gasteiger partial charge on any atom is -0.506 e. The molecule has 0 aliphatic carbocycles. The lowest BCUT2D eigenvalue weighted by atomic mass is 9.87. The van der Waals surface area contributed by atoms with Gasteiger partial charge in [0, 0.05) is 37.0 Å². The molecule has 2 rings (SSSR count). The Morgan fingerprint density at radius 2 is 2.05 bits per heavy atom. The number of non-ortho nitro benzene ring substituents is 1. The molecule has 1 fully saturated rings. The molecule has 20 heavy (non-hydrogen) atoms. The van der Waals surface area contributed by atoms with Gasteiger partial charge in [-0.15, -0.1) is 12.4 Å². The van der Waals surface area contributed by atoms with Crippen LogP contribution in [0.15, 0.2) is 16.6 Å². The fraction of sp³-hybridized carbons (Fsp3) is 0.500. The molecule has 1 aromatic carbocycles. The van der Waals surface area contributed by atoms with Crippen molar-refractivity contribution in [3.05, 3.63) is 32.3 Å². The molecule has 112 valence electrons. The van der Waals surface area contributed by atoms with Gasteiger partial charge in [0.2, 0.25) is 0 Å². The van der Waals surface area contributed by atoms with Crippen LogP contribution in [0.2, 0.25) is 0 Å². The van der Waals surface area contributed by atoms with Gasteiger partial charge < -0.3 is 15.6 Å². The lowest BCUT2D eigenvalue weighted by molar-refractivity contribution is -0.385. The first kappa shape index (κ1) is 17.2. The van der Waals surface area contributed by atoms with Gasteiger partial charge in [-0.25, -0.2) is 0 Å². The molecule has 0 bridgehead atoms. The third kappa shape index (κ3) is 3.60. The first-order valence-electron chi connectivity index (χ1n) is 6.01. The summed E-state index contributed by atoms with van der Waals surface area (Å²) in [5, 5.41) is 20.9. The molecular weight excluding hydrogens is 351 g/mol. The van der Waals surface area contributed by atoms with E-state index in [1.54, 1.807) is 0 Å². The molecule has 6 nitrogen and oxygen atoms in total. The molecule has 1 heterocycles. The first-order chi connectivity index (χ1) is 9.00. The number of nitrogens with zero attached hydrogens (tertiary/aromatic N) is 1. The summed E-state index contributed by atoms with van der Waals surface area (Å²) in [7, 11) is 0. The zero-order chi connectivity index (χ0) is 14.0. The van der Waals surface area contributed by atoms with Crippen LogP contribution in [0.5, 0.6) is 5.75 Å². The monoisotopic (exact) mass is 366 g/mol. The highest BCUT2D eigenvalue weighted by Gasteiger charge is 2.27. The largest absolute Gasteiger partial charge is 0.506 e. The highest BCUT2D eigenvalue weighted by atomic mass is 79.9. The third-order valence-electron chi connectivity index (χ3n) is 3.42. The van der Waals surface area contributed by atoms with Gasteiger partial charge in [-0.05, 0) is 34.7 Å². The minimum absolute atomic E-state index is 0. The van der Waals surface area contributed by atoms with Crippen molar-refractivity contribution in [1.82, 2.24) is 0 Å². The summed E-state index contributed by atoms with van der Waals surface area (Å²) >= 11 is 3.12. The maximum atomic E-state index is 10.9. The summed E-state index contributed by atoms with van der Waals surface area (Å²) < 4.78 is 5.56. The van der Waals surface area contributed by atoms with Crippen molar-refractivity contribution in [2.75, 3.05) is 13.2 Å². The number of nitro benzene ring substituents is 1. The van der Waals surface area contributed by atoms with Crippen LogP contribution in [0.4, 0.5) is 5.69 Å². The number of rotatable bonds is 3. The first-order valence-corrected chi connectivity index (χ1v) is 6.80. The quantitative estimate of drug-likeness (QED) is 0.632. The Labute approximate surface area is 131 Å². The van der Waals surface area contributed by atoms with E-state index in [-0.39, 0.29) is 29.8 Å². The summed E-state index contributed by atoms with van der Waals surface area (Å²) in [5.74, 6) is 0.137. The van der Waals surface area contributed by atoms with Gasteiger partial charge in [-0.2, -0.15) is 0 Å². The summed E-state index contributed by atoms with van der Waals surface area (Å²) in [5.41, 5.74) is 6.48. The predicted molar refractivity (Wildman–Crippen MR) is 80.2 cm³/mol. The van der Waals surface area contributed by atoms with E-state index >= 15 is 0 Å². The van der Waals surface area contributed by atoms with Crippen LogP contribution in [0.3, 0.4) is 0 Å². The second kappa shape index (κ2) is 7.21. The van der Waals surface area contributed by atoms with Crippen LogP contribution in [-0.2, 0) is 4.74 Å². The van der Waals surface area contributed by atoms with Crippen LogP contribution < -0.4 is 5.73 Å². The van der Waals surface area contributed by atoms with E-state index in [0.717, 1.165) is 12.8 Å². The number of nitro groups is 1. The molecule has 1 aromatic rings. The highest BCUT2D eigenvalue weighted by Crippen LogP contribution is 2.39. The molecule has 0 amide bonds. The third-order valence-corrected chi connectivity index (χ3v) is 4.03. The molecule has 0 aromatic heterocycles. The molecule has 1 aliphatic rings. The Balaban J connectivity index is 0.00000200. The topological polar surface area (TPSA) is 98.6 Å². The predicted octanol–water partition coefficient (Wildman–Crippen LogP) is 2.91. The van der Waals surface area contributed by atoms with E-state index in [9.17, 15) is 15.2 Å². The molecule has 0 saturated carbocycles. The Hall–Kier alpha value is -0.890. The number of hydrogen-bond donors (Lipinski definition) is 2. The van der Waals surface area contributed by atoms with E-state index in [0.29, 0.717) is 23.2 Å². The van der Waals surface area contributed by atoms with Gasteiger partial charge in [0.25, 0.3) is 5.69 Å². The van der Waals surface area contributed by atoms with Crippen molar-refractivity contribution in [2.24, 2.45) is 11.7 Å². The number of hydrogen-bond acceptors (Lipinski definition) is 5. The van der Waals surface area contributed by atoms with Gasteiger partial charge in [0.15, 0.2) is 0 Å². The SMILES string of the molecule is Cl.N[C@H](c1cc([N+](=O)[O-])cc(Br)c1O)C1CCOCC1. The van der Waals surface area contributed by atoms with Gasteiger partial charge in [0.05, 0.1) is 9.40 Å². The Morgan fingerprint density at radius 1 is 1.45 bits per heavy atom. The van der Waals surface area contributed by atoms with E-state index in [2.05, 4.69) is 15.9 Å². The van der Waals surface area contributed by atoms with E-state index in [4.69, 9.17) is 10.5 Å². The number of ether oxygens (including phenoxy) is 1. The van der Waals surface area contributed by atoms with Crippen molar-refractivity contribution in [3.63, 3.8) is 0 Å². The molecule has 0 spiro atoms. The Kier molecular flexibility index (Phi) is 6.19. The lowest BCUT2D eigenvalue weighted by Gasteiger charge is -2.28. The van der Waals surface area contributed by atoms with Crippen LogP contribution in [0.1, 0.15) is 24.4 Å². The standard InChI is InChI=1S/C12H15BrN2O4.ClH/c13-10-6-8(15(17)18)5-9(12(10)16)11(14)7-1-3-19-4-2-7;/h5-7,11,16H,1-4,14H2;1H/t11-;/m0./s1. The Morgan fingerprint density at radius 3 is 2.60 bits per heavy atom. The average Bonchev–Trinajstić information content (AvgIpc) is 2.41. The highest BCUT2D eigenvalue weighted by molar-refractivity contribution is 9.10. The lowest BCUT2D eigenvalue weighted by Crippen LogP contribution is -2.27. The van der Waals surface area contributed by atoms with E-state index < -0.39 is 11.0 Å². The smallest absolute Gasteiger partial charge is 0.271 e. The van der Waals surface area contributed by atoms with Gasteiger partial charge in [-0.3, -0.25) is 10.1 Å². The number of phenolic OH excluding ortho intramolecular Hbond substituents is 1. The number of nitrogens with two attached hydrogens (primary N) is 1. The number of benzene rings is 1. The molecule has 1 atom stereocenters. The zero-order valence-electron chi connectivity index (χ0n) is 10.6. The van der Waals surface area contributed by atoms with Crippen molar-refractivity contribution in [3.8, 4) is 5.75 Å². The van der Waals surface area contributed by atoms with Crippen LogP contribution in [0, 0.1) is 16.0 Å². The van der Waals surface area contributed by atoms with Gasteiger partial charge in [0.1, 0.15) is 5.75 Å². The van der Waals surface area contributed by atoms with Gasteiger partial charge in [-0.1, -0.05) is 0 Å². The zero-order valence-corrected chi connectivity index (χ0v) is 13.0. The summed E-state index contributed by atoms with van der Waals surface area (Å²) in [4.78, 5) is 10.4. The van der Waals surface area contributed by atoms with Crippen LogP contribution >= 0.6 is 28.3 Å². The summed E-state index contributed by atoms with van der Waals surface area (Å²) in [6.07, 6.45) is 1.59. The van der Waals surface area contributed by atoms with Crippen molar-refractivity contribution >= 4 is 34.0 Å². The molecule has 8 heteroatoms. The maximum Gasteiger partial charge on any atom is 0.271 e. The number of phenols is 1. The van der Waals surface area contributed by atoms with Crippen LogP contribution in [0.25, 0.3) is 0 Å². The molecule has 0 radical (unpaired) electrons. The van der Waals surface area contributed by atoms with E-state index in [1.165, 1.54) is 12.1 Å². The molecule has 1 saturated heterocycles. The summed E-state index contributed by atoms with van der Waals surface area (Å²) in [6, 6.07) is 2.19.